The lowest BCUT2D eigenvalue weighted by atomic mass is 10.1. The molecule has 1 aliphatic heterocycles. The number of carbonyl (C=O) groups excluding carboxylic acids is 3. The molecule has 1 aromatic carbocycles. The van der Waals surface area contributed by atoms with E-state index in [-0.39, 0.29) is 17.9 Å². The summed E-state index contributed by atoms with van der Waals surface area (Å²) in [6.45, 7) is 13.9. The van der Waals surface area contributed by atoms with E-state index in [4.69, 9.17) is 4.74 Å². The fraction of sp³-hybridized carbons (Fsp3) is 0.593. The van der Waals surface area contributed by atoms with Gasteiger partial charge in [0.25, 0.3) is 5.91 Å². The Balaban J connectivity index is 1.54. The number of hydrogen-bond donors (Lipinski definition) is 2. The Morgan fingerprint density at radius 2 is 1.66 bits per heavy atom. The van der Waals surface area contributed by atoms with E-state index in [1.807, 2.05) is 25.7 Å². The molecule has 0 atom stereocenters. The van der Waals surface area contributed by atoms with Gasteiger partial charge in [0.15, 0.2) is 0 Å². The van der Waals surface area contributed by atoms with Gasteiger partial charge in [-0.25, -0.2) is 4.79 Å². The average Bonchev–Trinajstić information content (AvgIpc) is 2.82. The Kier molecular flexibility index (Phi) is 11.8. The Labute approximate surface area is 210 Å². The van der Waals surface area contributed by atoms with Crippen molar-refractivity contribution in [2.24, 2.45) is 0 Å². The van der Waals surface area contributed by atoms with Gasteiger partial charge in [-0.3, -0.25) is 14.5 Å². The first-order chi connectivity index (χ1) is 16.7. The smallest absolute Gasteiger partial charge is 0.407 e. The molecule has 0 saturated carbocycles. The number of alkyl carbamates (subject to hydrolysis) is 1. The normalized spacial score (nSPS) is 14.3. The zero-order valence-corrected chi connectivity index (χ0v) is 21.6. The van der Waals surface area contributed by atoms with E-state index < -0.39 is 5.60 Å². The molecule has 3 amide bonds. The van der Waals surface area contributed by atoms with E-state index in [1.165, 1.54) is 25.3 Å². The molecule has 2 N–H and O–H groups in total. The molecule has 0 bridgehead atoms. The van der Waals surface area contributed by atoms with Crippen LogP contribution in [0.5, 0.6) is 0 Å². The van der Waals surface area contributed by atoms with Gasteiger partial charge < -0.3 is 20.3 Å². The van der Waals surface area contributed by atoms with Gasteiger partial charge in [-0.2, -0.15) is 0 Å². The van der Waals surface area contributed by atoms with Crippen LogP contribution < -0.4 is 10.6 Å². The molecule has 0 aromatic heterocycles. The summed E-state index contributed by atoms with van der Waals surface area (Å²) in [5, 5.41) is 5.50. The number of amides is 3. The second-order valence-corrected chi connectivity index (χ2v) is 9.96. The maximum atomic E-state index is 12.9. The predicted molar refractivity (Wildman–Crippen MR) is 140 cm³/mol. The lowest BCUT2D eigenvalue weighted by Gasteiger charge is -2.34. The van der Waals surface area contributed by atoms with Gasteiger partial charge in [-0.15, -0.1) is 0 Å². The highest BCUT2D eigenvalue weighted by Crippen LogP contribution is 2.15. The summed E-state index contributed by atoms with van der Waals surface area (Å²) < 4.78 is 5.23. The van der Waals surface area contributed by atoms with Crippen LogP contribution in [0.3, 0.4) is 0 Å². The number of nitrogens with zero attached hydrogens (tertiary/aromatic N) is 2. The maximum Gasteiger partial charge on any atom is 0.407 e. The summed E-state index contributed by atoms with van der Waals surface area (Å²) in [6.07, 6.45) is 7.67. The second-order valence-electron chi connectivity index (χ2n) is 9.96. The quantitative estimate of drug-likeness (QED) is 0.337. The molecule has 1 aromatic rings. The molecule has 1 heterocycles. The van der Waals surface area contributed by atoms with Crippen molar-refractivity contribution >= 4 is 23.6 Å². The van der Waals surface area contributed by atoms with Crippen LogP contribution >= 0.6 is 0 Å². The third kappa shape index (κ3) is 11.4. The van der Waals surface area contributed by atoms with Crippen molar-refractivity contribution < 1.29 is 19.1 Å². The van der Waals surface area contributed by atoms with Gasteiger partial charge >= 0.3 is 6.09 Å². The minimum absolute atomic E-state index is 0.000473. The summed E-state index contributed by atoms with van der Waals surface area (Å²) in [7, 11) is 0. The maximum absolute atomic E-state index is 12.9. The first kappa shape index (κ1) is 28.4. The molecular formula is C27H42N4O4. The van der Waals surface area contributed by atoms with Crippen LogP contribution in [0.25, 0.3) is 0 Å². The number of anilines is 1. The van der Waals surface area contributed by atoms with Gasteiger partial charge in [0.2, 0.25) is 5.91 Å². The largest absolute Gasteiger partial charge is 0.444 e. The number of rotatable bonds is 12. The first-order valence-corrected chi connectivity index (χ1v) is 12.7. The molecule has 8 nitrogen and oxygen atoms in total. The standard InChI is InChI=1S/C27H42N4O4/c1-5-24(32)29-23-14-12-13-22(21-23)25(33)31-19-17-30(18-20-31)16-11-9-7-6-8-10-15-28-26(34)35-27(2,3)4/h5,12-14,21H,1,6-11,15-20H2,2-4H3,(H,28,34)(H,29,32). The van der Waals surface area contributed by atoms with Crippen molar-refractivity contribution in [3.8, 4) is 0 Å². The van der Waals surface area contributed by atoms with E-state index in [1.54, 1.807) is 24.3 Å². The van der Waals surface area contributed by atoms with Crippen LogP contribution in [0.4, 0.5) is 10.5 Å². The Bertz CT molecular complexity index is 842. The zero-order chi connectivity index (χ0) is 25.7. The Hall–Kier alpha value is -2.87. The van der Waals surface area contributed by atoms with E-state index in [2.05, 4.69) is 22.1 Å². The monoisotopic (exact) mass is 486 g/mol. The van der Waals surface area contributed by atoms with Crippen molar-refractivity contribution in [2.45, 2.75) is 64.9 Å². The second kappa shape index (κ2) is 14.5. The fourth-order valence-corrected chi connectivity index (χ4v) is 3.95. The molecule has 0 radical (unpaired) electrons. The molecular weight excluding hydrogens is 444 g/mol. The van der Waals surface area contributed by atoms with Gasteiger partial charge in [0.05, 0.1) is 0 Å². The predicted octanol–water partition coefficient (Wildman–Crippen LogP) is 4.43. The van der Waals surface area contributed by atoms with E-state index >= 15 is 0 Å². The molecule has 35 heavy (non-hydrogen) atoms. The molecule has 0 unspecified atom stereocenters. The average molecular weight is 487 g/mol. The molecule has 1 fully saturated rings. The fourth-order valence-electron chi connectivity index (χ4n) is 3.95. The number of ether oxygens (including phenoxy) is 1. The number of carbonyl (C=O) groups is 3. The van der Waals surface area contributed by atoms with Crippen molar-refractivity contribution in [3.63, 3.8) is 0 Å². The van der Waals surface area contributed by atoms with Crippen LogP contribution in [-0.4, -0.2) is 72.6 Å². The summed E-state index contributed by atoms with van der Waals surface area (Å²) in [5.74, 6) is -0.293. The molecule has 1 saturated heterocycles. The number of benzene rings is 1. The molecule has 194 valence electrons. The highest BCUT2D eigenvalue weighted by molar-refractivity contribution is 6.00. The highest BCUT2D eigenvalue weighted by Gasteiger charge is 2.22. The summed E-state index contributed by atoms with van der Waals surface area (Å²) >= 11 is 0. The Morgan fingerprint density at radius 3 is 2.31 bits per heavy atom. The number of piperazine rings is 1. The van der Waals surface area contributed by atoms with E-state index in [0.717, 1.165) is 38.9 Å². The van der Waals surface area contributed by atoms with Crippen LogP contribution in [0.15, 0.2) is 36.9 Å². The molecule has 0 spiro atoms. The van der Waals surface area contributed by atoms with Gasteiger partial charge in [0, 0.05) is 44.0 Å². The SMILES string of the molecule is C=CC(=O)Nc1cccc(C(=O)N2CCN(CCCCCCCCNC(=O)OC(C)(C)C)CC2)c1. The summed E-state index contributed by atoms with van der Waals surface area (Å²) in [4.78, 5) is 40.3. The first-order valence-electron chi connectivity index (χ1n) is 12.7. The number of nitrogens with one attached hydrogen (secondary N) is 2. The van der Waals surface area contributed by atoms with E-state index in [0.29, 0.717) is 30.9 Å². The van der Waals surface area contributed by atoms with Crippen LogP contribution in [0.1, 0.15) is 69.7 Å². The van der Waals surface area contributed by atoms with Crippen LogP contribution in [-0.2, 0) is 9.53 Å². The minimum Gasteiger partial charge on any atom is -0.444 e. The topological polar surface area (TPSA) is 91.0 Å². The molecule has 1 aliphatic rings. The highest BCUT2D eigenvalue weighted by atomic mass is 16.6. The van der Waals surface area contributed by atoms with Gasteiger partial charge in [-0.1, -0.05) is 38.3 Å². The van der Waals surface area contributed by atoms with Crippen molar-refractivity contribution in [2.75, 3.05) is 44.6 Å². The Morgan fingerprint density at radius 1 is 1.00 bits per heavy atom. The van der Waals surface area contributed by atoms with Crippen molar-refractivity contribution in [1.82, 2.24) is 15.1 Å². The van der Waals surface area contributed by atoms with Crippen molar-refractivity contribution in [3.05, 3.63) is 42.5 Å². The number of hydrogen-bond acceptors (Lipinski definition) is 5. The summed E-state index contributed by atoms with van der Waals surface area (Å²) in [6, 6.07) is 7.03. The van der Waals surface area contributed by atoms with Crippen LogP contribution in [0.2, 0.25) is 0 Å². The lowest BCUT2D eigenvalue weighted by molar-refractivity contribution is -0.111. The van der Waals surface area contributed by atoms with Crippen molar-refractivity contribution in [1.29, 1.82) is 0 Å². The lowest BCUT2D eigenvalue weighted by Crippen LogP contribution is -2.48. The zero-order valence-electron chi connectivity index (χ0n) is 21.6. The van der Waals surface area contributed by atoms with E-state index in [9.17, 15) is 14.4 Å². The molecule has 0 aliphatic carbocycles. The third-order valence-electron chi connectivity index (χ3n) is 5.79. The minimum atomic E-state index is -0.455. The van der Waals surface area contributed by atoms with Gasteiger partial charge in [-0.05, 0) is 64.4 Å². The molecule has 2 rings (SSSR count). The number of unbranched alkanes of at least 4 members (excludes halogenated alkanes) is 5. The van der Waals surface area contributed by atoms with Gasteiger partial charge in [0.1, 0.15) is 5.60 Å². The molecule has 8 heteroatoms. The summed E-state index contributed by atoms with van der Waals surface area (Å²) in [5.41, 5.74) is 0.726. The van der Waals surface area contributed by atoms with Crippen LogP contribution in [0, 0.1) is 0 Å². The third-order valence-corrected chi connectivity index (χ3v) is 5.79.